The molecule has 0 fully saturated rings. The molecule has 1 N–H and O–H groups in total. The maximum Gasteiger partial charge on any atom is 0.143 e. The fraction of sp³-hybridized carbons (Fsp3) is 0.0833. The highest BCUT2D eigenvalue weighted by Crippen LogP contribution is 2.39. The molecule has 11 nitrogen and oxygen atoms in total. The Morgan fingerprint density at radius 1 is 0.676 bits per heavy atom. The molecular weight excluding hydrogens is 520 g/mol. The third-order valence-corrected chi connectivity index (χ3v) is 7.35. The van der Waals surface area contributed by atoms with E-state index >= 15 is 0 Å². The minimum absolute atomic E-state index is 0.000446. The summed E-state index contributed by atoms with van der Waals surface area (Å²) in [5.41, 5.74) is 0.298. The first-order valence-electron chi connectivity index (χ1n) is 10.6. The Morgan fingerprint density at radius 2 is 1.30 bits per heavy atom. The third-order valence-electron chi connectivity index (χ3n) is 5.39. The number of azo groups is 2. The topological polar surface area (TPSA) is 184 Å². The van der Waals surface area contributed by atoms with E-state index in [4.69, 9.17) is 0 Å². The monoisotopic (exact) mass is 538 g/mol. The van der Waals surface area contributed by atoms with Crippen LogP contribution in [-0.2, 0) is 20.2 Å². The van der Waals surface area contributed by atoms with Crippen LogP contribution in [0.1, 0.15) is 11.1 Å². The Balaban J connectivity index is 1.85. The van der Waals surface area contributed by atoms with Crippen molar-refractivity contribution in [1.82, 2.24) is 0 Å². The van der Waals surface area contributed by atoms with Crippen LogP contribution in [0.25, 0.3) is 10.8 Å². The van der Waals surface area contributed by atoms with Crippen molar-refractivity contribution in [1.29, 1.82) is 0 Å². The van der Waals surface area contributed by atoms with Crippen LogP contribution in [0.15, 0.2) is 97.0 Å². The number of benzene rings is 4. The van der Waals surface area contributed by atoms with Gasteiger partial charge in [-0.15, -0.1) is 15.3 Å². The number of rotatable bonds is 6. The van der Waals surface area contributed by atoms with Crippen LogP contribution in [0.4, 0.5) is 22.7 Å². The second-order valence-electron chi connectivity index (χ2n) is 8.02. The molecule has 0 aliphatic carbocycles. The molecule has 0 bridgehead atoms. The van der Waals surface area contributed by atoms with Crippen molar-refractivity contribution in [3.8, 4) is 5.75 Å². The molecule has 13 heteroatoms. The first-order valence-corrected chi connectivity index (χ1v) is 13.4. The largest absolute Gasteiger partial charge is 0.744 e. The van der Waals surface area contributed by atoms with Crippen molar-refractivity contribution in [3.63, 3.8) is 0 Å². The van der Waals surface area contributed by atoms with Crippen LogP contribution in [-0.4, -0.2) is 31.0 Å². The van der Waals surface area contributed by atoms with Crippen molar-refractivity contribution < 1.29 is 31.0 Å². The molecule has 37 heavy (non-hydrogen) atoms. The fourth-order valence-corrected chi connectivity index (χ4v) is 5.01. The number of nitrogens with zero attached hydrogens (tertiary/aromatic N) is 4. The molecule has 0 unspecified atom stereocenters. The summed E-state index contributed by atoms with van der Waals surface area (Å²) >= 11 is 0. The molecule has 0 heterocycles. The zero-order chi connectivity index (χ0) is 27.0. The molecule has 0 radical (unpaired) electrons. The summed E-state index contributed by atoms with van der Waals surface area (Å²) in [5.74, 6) is -0.180. The SMILES string of the molecule is Cc1ccc(N=Nc2cc(C)c(S(=O)(=O)[O-])cc2N=Nc2c(O)ccc3ccccc23)cc1S(=O)(=O)[O-]. The van der Waals surface area contributed by atoms with Crippen molar-refractivity contribution in [2.75, 3.05) is 0 Å². The zero-order valence-electron chi connectivity index (χ0n) is 19.4. The van der Waals surface area contributed by atoms with Gasteiger partial charge in [0.1, 0.15) is 43.0 Å². The number of aryl methyl sites for hydroxylation is 2. The predicted octanol–water partition coefficient (Wildman–Crippen LogP) is 5.80. The Hall–Kier alpha value is -4.04. The summed E-state index contributed by atoms with van der Waals surface area (Å²) in [4.78, 5) is -1.00. The van der Waals surface area contributed by atoms with Crippen LogP contribution in [0, 0.1) is 13.8 Å². The van der Waals surface area contributed by atoms with E-state index in [1.54, 1.807) is 30.3 Å². The highest BCUT2D eigenvalue weighted by molar-refractivity contribution is 7.86. The molecule has 0 saturated carbocycles. The van der Waals surface area contributed by atoms with Crippen LogP contribution in [0.2, 0.25) is 0 Å². The zero-order valence-corrected chi connectivity index (χ0v) is 21.0. The lowest BCUT2D eigenvalue weighted by Gasteiger charge is -2.12. The molecule has 0 saturated heterocycles. The second kappa shape index (κ2) is 9.78. The quantitative estimate of drug-likeness (QED) is 0.237. The Kier molecular flexibility index (Phi) is 6.88. The standard InChI is InChI=1S/C24H20N4O7S2/c1-14-7-9-17(12-22(14)36(30,31)32)25-26-19-11-15(2)23(37(33,34)35)13-20(19)27-28-24-18-6-4-3-5-16(18)8-10-21(24)29/h3-13,29H,1-2H3,(H,30,31,32)(H,33,34,35)/p-2. The number of aromatic hydroxyl groups is 1. The molecule has 0 amide bonds. The van der Waals surface area contributed by atoms with E-state index in [9.17, 15) is 31.0 Å². The Labute approximate surface area is 212 Å². The van der Waals surface area contributed by atoms with Gasteiger partial charge in [-0.3, -0.25) is 0 Å². The number of fused-ring (bicyclic) bond motifs is 1. The van der Waals surface area contributed by atoms with E-state index in [1.165, 1.54) is 38.1 Å². The summed E-state index contributed by atoms with van der Waals surface area (Å²) in [5, 5.41) is 27.8. The molecule has 4 rings (SSSR count). The van der Waals surface area contributed by atoms with Gasteiger partial charge in [0, 0.05) is 5.39 Å². The Morgan fingerprint density at radius 3 is 2.00 bits per heavy atom. The van der Waals surface area contributed by atoms with E-state index in [-0.39, 0.29) is 39.6 Å². The maximum absolute atomic E-state index is 11.8. The highest BCUT2D eigenvalue weighted by Gasteiger charge is 2.14. The molecule has 4 aromatic carbocycles. The van der Waals surface area contributed by atoms with Gasteiger partial charge in [-0.2, -0.15) is 5.11 Å². The summed E-state index contributed by atoms with van der Waals surface area (Å²) in [6.07, 6.45) is 0. The maximum atomic E-state index is 11.8. The smallest absolute Gasteiger partial charge is 0.143 e. The van der Waals surface area contributed by atoms with E-state index < -0.39 is 30.0 Å². The van der Waals surface area contributed by atoms with Crippen molar-refractivity contribution in [3.05, 3.63) is 77.9 Å². The van der Waals surface area contributed by atoms with E-state index in [2.05, 4.69) is 20.5 Å². The van der Waals surface area contributed by atoms with Crippen LogP contribution in [0.5, 0.6) is 5.75 Å². The van der Waals surface area contributed by atoms with Crippen molar-refractivity contribution in [2.24, 2.45) is 20.5 Å². The van der Waals surface area contributed by atoms with Gasteiger partial charge < -0.3 is 14.2 Å². The fourth-order valence-electron chi connectivity index (χ4n) is 3.58. The van der Waals surface area contributed by atoms with E-state index in [1.807, 2.05) is 0 Å². The lowest BCUT2D eigenvalue weighted by Crippen LogP contribution is -2.01. The van der Waals surface area contributed by atoms with Crippen LogP contribution in [0.3, 0.4) is 0 Å². The highest BCUT2D eigenvalue weighted by atomic mass is 32.2. The van der Waals surface area contributed by atoms with Gasteiger partial charge in [-0.05, 0) is 60.7 Å². The number of phenols is 1. The molecule has 0 spiro atoms. The molecule has 190 valence electrons. The molecule has 0 aliphatic heterocycles. The van der Waals surface area contributed by atoms with Gasteiger partial charge in [0.2, 0.25) is 0 Å². The molecular formula is C24H18N4O7S2-2. The summed E-state index contributed by atoms with van der Waals surface area (Å²) in [6, 6.07) is 16.3. The van der Waals surface area contributed by atoms with E-state index in [0.717, 1.165) is 17.5 Å². The lowest BCUT2D eigenvalue weighted by molar-refractivity contribution is 0.460. The van der Waals surface area contributed by atoms with Gasteiger partial charge in [0.25, 0.3) is 0 Å². The lowest BCUT2D eigenvalue weighted by atomic mass is 10.1. The Bertz CT molecular complexity index is 1820. The number of hydrogen-bond donors (Lipinski definition) is 1. The van der Waals surface area contributed by atoms with Gasteiger partial charge in [-0.1, -0.05) is 36.4 Å². The second-order valence-corrected chi connectivity index (χ2v) is 10.7. The first-order chi connectivity index (χ1) is 17.3. The van der Waals surface area contributed by atoms with E-state index in [0.29, 0.717) is 5.39 Å². The third kappa shape index (κ3) is 5.70. The number of phenolic OH excluding ortho intramolecular Hbond substituents is 1. The minimum atomic E-state index is -4.87. The molecule has 0 aromatic heterocycles. The molecule has 4 aromatic rings. The average molecular weight is 539 g/mol. The average Bonchev–Trinajstić information content (AvgIpc) is 2.82. The van der Waals surface area contributed by atoms with Crippen molar-refractivity contribution >= 4 is 53.8 Å². The molecule has 0 aliphatic rings. The normalized spacial score (nSPS) is 12.6. The van der Waals surface area contributed by atoms with Gasteiger partial charge in [-0.25, -0.2) is 16.8 Å². The summed E-state index contributed by atoms with van der Waals surface area (Å²) in [6.45, 7) is 2.84. The first kappa shape index (κ1) is 26.0. The summed E-state index contributed by atoms with van der Waals surface area (Å²) in [7, 11) is -9.61. The van der Waals surface area contributed by atoms with Crippen molar-refractivity contribution in [2.45, 2.75) is 23.6 Å². The summed E-state index contributed by atoms with van der Waals surface area (Å²) < 4.78 is 69.7. The minimum Gasteiger partial charge on any atom is -0.744 e. The van der Waals surface area contributed by atoms with Gasteiger partial charge in [0.05, 0.1) is 15.5 Å². The molecule has 0 atom stereocenters. The van der Waals surface area contributed by atoms with Crippen LogP contribution >= 0.6 is 0 Å². The van der Waals surface area contributed by atoms with Gasteiger partial charge in [0.15, 0.2) is 0 Å². The predicted molar refractivity (Wildman–Crippen MR) is 132 cm³/mol. The number of hydrogen-bond acceptors (Lipinski definition) is 11. The van der Waals surface area contributed by atoms with Gasteiger partial charge >= 0.3 is 0 Å². The van der Waals surface area contributed by atoms with Crippen LogP contribution < -0.4 is 0 Å².